The maximum atomic E-state index is 13.7. The first-order valence-corrected chi connectivity index (χ1v) is 7.49. The zero-order valence-corrected chi connectivity index (χ0v) is 11.7. The van der Waals surface area contributed by atoms with Crippen molar-refractivity contribution >= 4 is 15.7 Å². The first-order chi connectivity index (χ1) is 9.44. The summed E-state index contributed by atoms with van der Waals surface area (Å²) in [5.41, 5.74) is 6.31. The molecule has 0 saturated carbocycles. The molecule has 3 N–H and O–H groups in total. The molecule has 0 atom stereocenters. The lowest BCUT2D eigenvalue weighted by Gasteiger charge is -2.11. The Morgan fingerprint density at radius 2 is 1.85 bits per heavy atom. The Labute approximate surface area is 117 Å². The molecule has 0 radical (unpaired) electrons. The summed E-state index contributed by atoms with van der Waals surface area (Å²) in [6, 6.07) is 11.0. The van der Waals surface area contributed by atoms with Crippen molar-refractivity contribution in [3.8, 4) is 0 Å². The van der Waals surface area contributed by atoms with Gasteiger partial charge in [0.05, 0.1) is 4.90 Å². The Bertz CT molecular complexity index is 715. The van der Waals surface area contributed by atoms with Gasteiger partial charge in [-0.2, -0.15) is 0 Å². The van der Waals surface area contributed by atoms with Crippen molar-refractivity contribution < 1.29 is 12.8 Å². The number of aryl methyl sites for hydroxylation is 1. The van der Waals surface area contributed by atoms with Crippen LogP contribution in [-0.4, -0.2) is 8.42 Å². The van der Waals surface area contributed by atoms with E-state index in [1.54, 1.807) is 30.3 Å². The van der Waals surface area contributed by atoms with Crippen LogP contribution in [0.5, 0.6) is 0 Å². The highest BCUT2D eigenvalue weighted by molar-refractivity contribution is 7.92. The smallest absolute Gasteiger partial charge is 0.261 e. The van der Waals surface area contributed by atoms with Gasteiger partial charge in [0.2, 0.25) is 0 Å². The number of hydrogen-bond donors (Lipinski definition) is 2. The zero-order chi connectivity index (χ0) is 14.8. The van der Waals surface area contributed by atoms with E-state index in [1.807, 2.05) is 0 Å². The van der Waals surface area contributed by atoms with E-state index in [-0.39, 0.29) is 22.6 Å². The molecule has 0 amide bonds. The van der Waals surface area contributed by atoms with E-state index >= 15 is 0 Å². The van der Waals surface area contributed by atoms with Crippen molar-refractivity contribution in [2.45, 2.75) is 18.4 Å². The SMILES string of the molecule is Cc1cc(S(=O)(=O)Nc2ccccc2)cc(CN)c1F. The second-order valence-corrected chi connectivity index (χ2v) is 6.07. The molecule has 0 aliphatic rings. The molecule has 6 heteroatoms. The zero-order valence-electron chi connectivity index (χ0n) is 10.9. The molecule has 2 aromatic rings. The van der Waals surface area contributed by atoms with Crippen LogP contribution in [0.1, 0.15) is 11.1 Å². The number of nitrogens with two attached hydrogens (primary N) is 1. The molecule has 2 rings (SSSR count). The lowest BCUT2D eigenvalue weighted by Crippen LogP contribution is -2.14. The van der Waals surface area contributed by atoms with Crippen molar-refractivity contribution in [3.05, 3.63) is 59.4 Å². The molecular weight excluding hydrogens is 279 g/mol. The predicted octanol–water partition coefficient (Wildman–Crippen LogP) is 2.39. The van der Waals surface area contributed by atoms with Gasteiger partial charge in [0.25, 0.3) is 10.0 Å². The number of halogens is 1. The summed E-state index contributed by atoms with van der Waals surface area (Å²) in [6.07, 6.45) is 0. The van der Waals surface area contributed by atoms with Gasteiger partial charge in [-0.05, 0) is 36.8 Å². The lowest BCUT2D eigenvalue weighted by molar-refractivity contribution is 0.592. The minimum Gasteiger partial charge on any atom is -0.326 e. The highest BCUT2D eigenvalue weighted by Gasteiger charge is 2.17. The van der Waals surface area contributed by atoms with Gasteiger partial charge in [-0.3, -0.25) is 4.72 Å². The van der Waals surface area contributed by atoms with Crippen LogP contribution in [0.3, 0.4) is 0 Å². The molecule has 0 aliphatic carbocycles. The summed E-state index contributed by atoms with van der Waals surface area (Å²) in [5.74, 6) is -0.467. The van der Waals surface area contributed by atoms with Gasteiger partial charge < -0.3 is 5.73 Å². The summed E-state index contributed by atoms with van der Waals surface area (Å²) < 4.78 is 40.7. The number of hydrogen-bond acceptors (Lipinski definition) is 3. The van der Waals surface area contributed by atoms with Crippen molar-refractivity contribution in [1.82, 2.24) is 0 Å². The molecule has 0 bridgehead atoms. The molecule has 0 saturated heterocycles. The fourth-order valence-electron chi connectivity index (χ4n) is 1.83. The largest absolute Gasteiger partial charge is 0.326 e. The number of para-hydroxylation sites is 1. The average Bonchev–Trinajstić information content (AvgIpc) is 2.42. The van der Waals surface area contributed by atoms with Gasteiger partial charge in [-0.1, -0.05) is 18.2 Å². The third kappa shape index (κ3) is 2.97. The van der Waals surface area contributed by atoms with Crippen LogP contribution < -0.4 is 10.5 Å². The number of benzene rings is 2. The molecule has 0 aliphatic heterocycles. The molecule has 0 heterocycles. The molecule has 0 fully saturated rings. The lowest BCUT2D eigenvalue weighted by atomic mass is 10.1. The molecule has 0 spiro atoms. The second kappa shape index (κ2) is 5.60. The number of anilines is 1. The first-order valence-electron chi connectivity index (χ1n) is 6.01. The number of rotatable bonds is 4. The normalized spacial score (nSPS) is 11.3. The van der Waals surface area contributed by atoms with Crippen LogP contribution in [0.2, 0.25) is 0 Å². The van der Waals surface area contributed by atoms with Gasteiger partial charge in [-0.15, -0.1) is 0 Å². The van der Waals surface area contributed by atoms with E-state index in [9.17, 15) is 12.8 Å². The second-order valence-electron chi connectivity index (χ2n) is 4.39. The van der Waals surface area contributed by atoms with Gasteiger partial charge in [0.1, 0.15) is 5.82 Å². The minimum absolute atomic E-state index is 0.000651. The van der Waals surface area contributed by atoms with Crippen LogP contribution in [0.4, 0.5) is 10.1 Å². The summed E-state index contributed by atoms with van der Waals surface area (Å²) in [7, 11) is -3.76. The van der Waals surface area contributed by atoms with E-state index in [4.69, 9.17) is 5.73 Å². The fraction of sp³-hybridized carbons (Fsp3) is 0.143. The topological polar surface area (TPSA) is 72.2 Å². The van der Waals surface area contributed by atoms with Crippen LogP contribution in [0.15, 0.2) is 47.4 Å². The number of sulfonamides is 1. The fourth-order valence-corrected chi connectivity index (χ4v) is 3.02. The minimum atomic E-state index is -3.76. The van der Waals surface area contributed by atoms with Gasteiger partial charge in [-0.25, -0.2) is 12.8 Å². The van der Waals surface area contributed by atoms with Crippen LogP contribution in [-0.2, 0) is 16.6 Å². The Hall–Kier alpha value is -1.92. The maximum Gasteiger partial charge on any atom is 0.261 e. The third-order valence-electron chi connectivity index (χ3n) is 2.86. The van der Waals surface area contributed by atoms with E-state index < -0.39 is 15.8 Å². The Balaban J connectivity index is 2.42. The molecule has 0 aromatic heterocycles. The van der Waals surface area contributed by atoms with Gasteiger partial charge in [0.15, 0.2) is 0 Å². The summed E-state index contributed by atoms with van der Waals surface area (Å²) in [5, 5.41) is 0. The Morgan fingerprint density at radius 1 is 1.20 bits per heavy atom. The summed E-state index contributed by atoms with van der Waals surface area (Å²) >= 11 is 0. The molecule has 106 valence electrons. The quantitative estimate of drug-likeness (QED) is 0.909. The molecular formula is C14H15FN2O2S. The monoisotopic (exact) mass is 294 g/mol. The standard InChI is InChI=1S/C14H15FN2O2S/c1-10-7-13(8-11(9-16)14(10)15)20(18,19)17-12-5-3-2-4-6-12/h2-8,17H,9,16H2,1H3. The van der Waals surface area contributed by atoms with E-state index in [0.29, 0.717) is 5.69 Å². The van der Waals surface area contributed by atoms with Crippen molar-refractivity contribution in [3.63, 3.8) is 0 Å². The average molecular weight is 294 g/mol. The van der Waals surface area contributed by atoms with Crippen LogP contribution in [0, 0.1) is 12.7 Å². The summed E-state index contributed by atoms with van der Waals surface area (Å²) in [6.45, 7) is 1.46. The van der Waals surface area contributed by atoms with Crippen molar-refractivity contribution in [2.24, 2.45) is 5.73 Å². The Morgan fingerprint density at radius 3 is 2.45 bits per heavy atom. The van der Waals surface area contributed by atoms with E-state index in [0.717, 1.165) is 0 Å². The molecule has 4 nitrogen and oxygen atoms in total. The summed E-state index contributed by atoms with van der Waals surface area (Å²) in [4.78, 5) is 0.000651. The predicted molar refractivity (Wildman–Crippen MR) is 76.3 cm³/mol. The van der Waals surface area contributed by atoms with Gasteiger partial charge in [0, 0.05) is 17.8 Å². The van der Waals surface area contributed by atoms with E-state index in [2.05, 4.69) is 4.72 Å². The highest BCUT2D eigenvalue weighted by Crippen LogP contribution is 2.21. The molecule has 2 aromatic carbocycles. The molecule has 20 heavy (non-hydrogen) atoms. The van der Waals surface area contributed by atoms with Crippen molar-refractivity contribution in [2.75, 3.05) is 4.72 Å². The van der Waals surface area contributed by atoms with E-state index in [1.165, 1.54) is 19.1 Å². The third-order valence-corrected chi connectivity index (χ3v) is 4.22. The van der Waals surface area contributed by atoms with Crippen LogP contribution in [0.25, 0.3) is 0 Å². The number of nitrogens with one attached hydrogen (secondary N) is 1. The van der Waals surface area contributed by atoms with Crippen molar-refractivity contribution in [1.29, 1.82) is 0 Å². The maximum absolute atomic E-state index is 13.7. The molecule has 0 unspecified atom stereocenters. The van der Waals surface area contributed by atoms with Crippen LogP contribution >= 0.6 is 0 Å². The first kappa shape index (κ1) is 14.5. The highest BCUT2D eigenvalue weighted by atomic mass is 32.2. The Kier molecular flexibility index (Phi) is 4.06. The van der Waals surface area contributed by atoms with Gasteiger partial charge >= 0.3 is 0 Å².